The van der Waals surface area contributed by atoms with E-state index in [1.54, 1.807) is 20.0 Å². The lowest BCUT2D eigenvalue weighted by Gasteiger charge is -2.05. The maximum absolute atomic E-state index is 11.8. The lowest BCUT2D eigenvalue weighted by molar-refractivity contribution is 0.0517. The molecule has 96 valence electrons. The van der Waals surface area contributed by atoms with Crippen LogP contribution in [0.4, 0.5) is 0 Å². The van der Waals surface area contributed by atoms with Crippen molar-refractivity contribution >= 4 is 11.6 Å². The van der Waals surface area contributed by atoms with Gasteiger partial charge in [-0.15, -0.1) is 0 Å². The average Bonchev–Trinajstić information content (AvgIpc) is 2.66. The molecule has 0 aliphatic carbocycles. The number of carbonyl (C=O) groups is 1. The Morgan fingerprint density at radius 2 is 2.28 bits per heavy atom. The highest BCUT2D eigenvalue weighted by molar-refractivity contribution is 5.90. The lowest BCUT2D eigenvalue weighted by atomic mass is 10.3. The minimum Gasteiger partial charge on any atom is -0.504 e. The number of esters is 1. The Labute approximate surface area is 103 Å². The molecule has 0 atom stereocenters. The van der Waals surface area contributed by atoms with E-state index in [2.05, 4.69) is 4.98 Å². The van der Waals surface area contributed by atoms with E-state index in [-0.39, 0.29) is 30.3 Å². The van der Waals surface area contributed by atoms with Crippen LogP contribution in [0.3, 0.4) is 0 Å². The monoisotopic (exact) mass is 250 g/mol. The molecule has 0 spiro atoms. The van der Waals surface area contributed by atoms with Crippen molar-refractivity contribution in [3.63, 3.8) is 0 Å². The second kappa shape index (κ2) is 4.66. The Morgan fingerprint density at radius 3 is 2.89 bits per heavy atom. The summed E-state index contributed by atoms with van der Waals surface area (Å²) in [6, 6.07) is 1.41. The summed E-state index contributed by atoms with van der Waals surface area (Å²) in [7, 11) is 0. The van der Waals surface area contributed by atoms with E-state index in [4.69, 9.17) is 9.84 Å². The molecular weight excluding hydrogens is 236 g/mol. The maximum Gasteiger partial charge on any atom is 0.357 e. The summed E-state index contributed by atoms with van der Waals surface area (Å²) in [4.78, 5) is 15.9. The molecule has 0 amide bonds. The predicted molar refractivity (Wildman–Crippen MR) is 63.5 cm³/mol. The normalized spacial score (nSPS) is 10.8. The zero-order chi connectivity index (χ0) is 13.3. The molecule has 0 unspecified atom stereocenters. The van der Waals surface area contributed by atoms with Gasteiger partial charge in [-0.3, -0.25) is 4.40 Å². The quantitative estimate of drug-likeness (QED) is 0.794. The van der Waals surface area contributed by atoms with E-state index in [1.165, 1.54) is 10.5 Å². The Morgan fingerprint density at radius 1 is 1.56 bits per heavy atom. The van der Waals surface area contributed by atoms with Crippen molar-refractivity contribution in [3.05, 3.63) is 29.2 Å². The topological polar surface area (TPSA) is 84.1 Å². The first-order valence-corrected chi connectivity index (χ1v) is 5.57. The zero-order valence-corrected chi connectivity index (χ0v) is 10.2. The van der Waals surface area contributed by atoms with E-state index in [9.17, 15) is 9.90 Å². The van der Waals surface area contributed by atoms with Crippen molar-refractivity contribution < 1.29 is 19.7 Å². The zero-order valence-electron chi connectivity index (χ0n) is 10.2. The molecule has 0 bridgehead atoms. The van der Waals surface area contributed by atoms with Crippen LogP contribution in [-0.2, 0) is 11.3 Å². The number of aliphatic hydroxyl groups excluding tert-OH is 1. The van der Waals surface area contributed by atoms with E-state index >= 15 is 0 Å². The van der Waals surface area contributed by atoms with E-state index in [0.29, 0.717) is 11.3 Å². The summed E-state index contributed by atoms with van der Waals surface area (Å²) in [5.74, 6) is -0.586. The van der Waals surface area contributed by atoms with Gasteiger partial charge in [-0.05, 0) is 25.5 Å². The van der Waals surface area contributed by atoms with Crippen molar-refractivity contribution in [2.45, 2.75) is 20.5 Å². The van der Waals surface area contributed by atoms with E-state index in [0.717, 1.165) is 0 Å². The second-order valence-corrected chi connectivity index (χ2v) is 3.85. The fourth-order valence-corrected chi connectivity index (χ4v) is 1.83. The summed E-state index contributed by atoms with van der Waals surface area (Å²) >= 11 is 0. The van der Waals surface area contributed by atoms with Gasteiger partial charge in [-0.2, -0.15) is 0 Å². The number of ether oxygens (including phenoxy) is 1. The molecule has 2 aromatic heterocycles. The molecule has 0 saturated heterocycles. The third kappa shape index (κ3) is 1.91. The SMILES string of the molecule is CCOC(=O)c1c(C)nc2c(O)cc(CO)cn12. The first-order valence-electron chi connectivity index (χ1n) is 5.57. The molecule has 2 N–H and O–H groups in total. The second-order valence-electron chi connectivity index (χ2n) is 3.85. The molecule has 6 nitrogen and oxygen atoms in total. The molecule has 0 aliphatic rings. The van der Waals surface area contributed by atoms with Gasteiger partial charge in [-0.1, -0.05) is 0 Å². The van der Waals surface area contributed by atoms with Gasteiger partial charge >= 0.3 is 5.97 Å². The molecule has 2 aromatic rings. The van der Waals surface area contributed by atoms with Crippen LogP contribution in [0.5, 0.6) is 5.75 Å². The number of fused-ring (bicyclic) bond motifs is 1. The number of carbonyl (C=O) groups excluding carboxylic acids is 1. The number of nitrogens with zero attached hydrogens (tertiary/aromatic N) is 2. The molecule has 0 radical (unpaired) electrons. The number of aliphatic hydroxyl groups is 1. The van der Waals surface area contributed by atoms with Crippen LogP contribution in [0.25, 0.3) is 5.65 Å². The van der Waals surface area contributed by atoms with Crippen LogP contribution < -0.4 is 0 Å². The van der Waals surface area contributed by atoms with Crippen LogP contribution in [0.2, 0.25) is 0 Å². The number of imidazole rings is 1. The smallest absolute Gasteiger partial charge is 0.357 e. The van der Waals surface area contributed by atoms with Crippen LogP contribution in [0.15, 0.2) is 12.3 Å². The van der Waals surface area contributed by atoms with Crippen molar-refractivity contribution in [2.24, 2.45) is 0 Å². The van der Waals surface area contributed by atoms with Crippen LogP contribution in [0.1, 0.15) is 28.7 Å². The minimum atomic E-state index is -0.503. The maximum atomic E-state index is 11.8. The third-order valence-electron chi connectivity index (χ3n) is 2.58. The first kappa shape index (κ1) is 12.4. The summed E-state index contributed by atoms with van der Waals surface area (Å²) in [6.45, 7) is 3.41. The van der Waals surface area contributed by atoms with Crippen LogP contribution in [0, 0.1) is 6.92 Å². The molecule has 6 heteroatoms. The number of hydrogen-bond donors (Lipinski definition) is 2. The van der Waals surface area contributed by atoms with Gasteiger partial charge in [0, 0.05) is 6.20 Å². The average molecular weight is 250 g/mol. The van der Waals surface area contributed by atoms with Crippen LogP contribution in [-0.4, -0.2) is 32.2 Å². The van der Waals surface area contributed by atoms with Crippen molar-refractivity contribution in [2.75, 3.05) is 6.61 Å². The lowest BCUT2D eigenvalue weighted by Crippen LogP contribution is -2.09. The molecular formula is C12H14N2O4. The molecule has 0 aliphatic heterocycles. The molecule has 0 saturated carbocycles. The number of aryl methyl sites for hydroxylation is 1. The fourth-order valence-electron chi connectivity index (χ4n) is 1.83. The third-order valence-corrected chi connectivity index (χ3v) is 2.58. The highest BCUT2D eigenvalue weighted by Gasteiger charge is 2.19. The summed E-state index contributed by atoms with van der Waals surface area (Å²) in [5, 5.41) is 18.9. The molecule has 2 rings (SSSR count). The number of aromatic hydroxyl groups is 1. The Hall–Kier alpha value is -2.08. The summed E-state index contributed by atoms with van der Waals surface area (Å²) < 4.78 is 6.38. The summed E-state index contributed by atoms with van der Waals surface area (Å²) in [5.41, 5.74) is 1.49. The predicted octanol–water partition coefficient (Wildman–Crippen LogP) is 1.02. The number of aromatic nitrogens is 2. The van der Waals surface area contributed by atoms with Gasteiger partial charge in [0.05, 0.1) is 18.9 Å². The van der Waals surface area contributed by atoms with Gasteiger partial charge in [0.25, 0.3) is 0 Å². The van der Waals surface area contributed by atoms with Crippen molar-refractivity contribution in [1.29, 1.82) is 0 Å². The van der Waals surface area contributed by atoms with Gasteiger partial charge in [0.2, 0.25) is 0 Å². The number of pyridine rings is 1. The van der Waals surface area contributed by atoms with Crippen molar-refractivity contribution in [1.82, 2.24) is 9.38 Å². The standard InChI is InChI=1S/C12H14N2O4/c1-3-18-12(17)10-7(2)13-11-9(16)4-8(6-15)5-14(10)11/h4-5,15-16H,3,6H2,1-2H3. The highest BCUT2D eigenvalue weighted by atomic mass is 16.5. The van der Waals surface area contributed by atoms with Crippen molar-refractivity contribution in [3.8, 4) is 5.75 Å². The Bertz CT molecular complexity index is 604. The van der Waals surface area contributed by atoms with E-state index < -0.39 is 5.97 Å². The molecule has 18 heavy (non-hydrogen) atoms. The Kier molecular flexibility index (Phi) is 3.20. The molecule has 0 aromatic carbocycles. The first-order chi connectivity index (χ1) is 8.58. The summed E-state index contributed by atoms with van der Waals surface area (Å²) in [6.07, 6.45) is 1.56. The van der Waals surface area contributed by atoms with E-state index in [1.807, 2.05) is 0 Å². The Balaban J connectivity index is 2.68. The highest BCUT2D eigenvalue weighted by Crippen LogP contribution is 2.23. The van der Waals surface area contributed by atoms with Gasteiger partial charge < -0.3 is 14.9 Å². The van der Waals surface area contributed by atoms with Gasteiger partial charge in [-0.25, -0.2) is 9.78 Å². The van der Waals surface area contributed by atoms with Crippen LogP contribution >= 0.6 is 0 Å². The number of rotatable bonds is 3. The minimum absolute atomic E-state index is 0.0831. The number of hydrogen-bond acceptors (Lipinski definition) is 5. The van der Waals surface area contributed by atoms with Gasteiger partial charge in [0.1, 0.15) is 0 Å². The van der Waals surface area contributed by atoms with Gasteiger partial charge in [0.15, 0.2) is 17.1 Å². The molecule has 0 fully saturated rings. The molecule has 2 heterocycles. The largest absolute Gasteiger partial charge is 0.504 e. The fraction of sp³-hybridized carbons (Fsp3) is 0.333.